The lowest BCUT2D eigenvalue weighted by molar-refractivity contribution is -0.109. The van der Waals surface area contributed by atoms with Gasteiger partial charge >= 0.3 is 0 Å². The van der Waals surface area contributed by atoms with E-state index in [2.05, 4.69) is 48.6 Å². The van der Waals surface area contributed by atoms with Crippen LogP contribution in [0, 0.1) is 0 Å². The van der Waals surface area contributed by atoms with Gasteiger partial charge in [0.2, 0.25) is 0 Å². The van der Waals surface area contributed by atoms with Crippen LogP contribution >= 0.6 is 66.1 Å². The van der Waals surface area contributed by atoms with Crippen molar-refractivity contribution in [3.8, 4) is 10.4 Å². The van der Waals surface area contributed by atoms with E-state index in [0.29, 0.717) is 5.02 Å². The lowest BCUT2D eigenvalue weighted by Crippen LogP contribution is -2.37. The SMILES string of the molecule is O=CC1NC(c2ccc(Br)s2)Nc2c(-c3ccc(Br)s3)cc(Cl)cc21. The molecule has 2 aromatic heterocycles. The second kappa shape index (κ2) is 7.13. The summed E-state index contributed by atoms with van der Waals surface area (Å²) in [5, 5.41) is 7.51. The second-order valence-electron chi connectivity index (χ2n) is 5.52. The van der Waals surface area contributed by atoms with Gasteiger partial charge in [0.05, 0.1) is 13.6 Å². The van der Waals surface area contributed by atoms with Gasteiger partial charge in [0.15, 0.2) is 0 Å². The standard InChI is InChI=1S/C17H11Br2ClN2OS2/c18-14-3-1-12(24-14)10-6-8(20)5-9-11(7-23)21-17(22-16(9)10)13-2-4-15(19)25-13/h1-7,11,17,21-22H. The first kappa shape index (κ1) is 17.7. The van der Waals surface area contributed by atoms with Crippen LogP contribution in [0.4, 0.5) is 5.69 Å². The average molecular weight is 519 g/mol. The molecule has 25 heavy (non-hydrogen) atoms. The summed E-state index contributed by atoms with van der Waals surface area (Å²) in [5.74, 6) is 0. The molecule has 0 aliphatic carbocycles. The fourth-order valence-electron chi connectivity index (χ4n) is 2.89. The Labute approximate surface area is 174 Å². The Kier molecular flexibility index (Phi) is 5.05. The molecule has 0 radical (unpaired) electrons. The predicted octanol–water partition coefficient (Wildman–Crippen LogP) is 6.61. The van der Waals surface area contributed by atoms with Gasteiger partial charge in [-0.3, -0.25) is 5.32 Å². The van der Waals surface area contributed by atoms with E-state index >= 15 is 0 Å². The molecule has 128 valence electrons. The van der Waals surface area contributed by atoms with Crippen LogP contribution in [-0.4, -0.2) is 6.29 Å². The van der Waals surface area contributed by atoms with Gasteiger partial charge in [-0.25, -0.2) is 0 Å². The lowest BCUT2D eigenvalue weighted by Gasteiger charge is -2.33. The topological polar surface area (TPSA) is 41.1 Å². The fourth-order valence-corrected chi connectivity index (χ4v) is 5.96. The van der Waals surface area contributed by atoms with Crippen LogP contribution in [0.5, 0.6) is 0 Å². The van der Waals surface area contributed by atoms with E-state index in [1.165, 1.54) is 0 Å². The highest BCUT2D eigenvalue weighted by molar-refractivity contribution is 9.11. The zero-order valence-corrected chi connectivity index (χ0v) is 18.1. The Hall–Kier alpha value is -0.700. The molecule has 3 nitrogen and oxygen atoms in total. The van der Waals surface area contributed by atoms with Crippen molar-refractivity contribution in [3.05, 3.63) is 59.4 Å². The van der Waals surface area contributed by atoms with E-state index in [1.807, 2.05) is 30.3 Å². The number of benzene rings is 1. The van der Waals surface area contributed by atoms with Gasteiger partial charge in [0.1, 0.15) is 12.5 Å². The molecule has 2 atom stereocenters. The number of halogens is 3. The summed E-state index contributed by atoms with van der Waals surface area (Å²) < 4.78 is 2.11. The van der Waals surface area contributed by atoms with E-state index in [4.69, 9.17) is 11.6 Å². The molecule has 2 N–H and O–H groups in total. The average Bonchev–Trinajstić information content (AvgIpc) is 3.21. The summed E-state index contributed by atoms with van der Waals surface area (Å²) >= 11 is 16.6. The number of hydrogen-bond acceptors (Lipinski definition) is 5. The highest BCUT2D eigenvalue weighted by Crippen LogP contribution is 2.44. The third-order valence-corrected chi connectivity index (χ3v) is 7.52. The first-order valence-corrected chi connectivity index (χ1v) is 11.0. The fraction of sp³-hybridized carbons (Fsp3) is 0.118. The van der Waals surface area contributed by atoms with Gasteiger partial charge in [-0.2, -0.15) is 0 Å². The van der Waals surface area contributed by atoms with Crippen LogP contribution < -0.4 is 10.6 Å². The van der Waals surface area contributed by atoms with E-state index in [9.17, 15) is 4.79 Å². The van der Waals surface area contributed by atoms with Crippen molar-refractivity contribution in [2.75, 3.05) is 5.32 Å². The third-order valence-electron chi connectivity index (χ3n) is 3.96. The number of fused-ring (bicyclic) bond motifs is 1. The summed E-state index contributed by atoms with van der Waals surface area (Å²) in [6.45, 7) is 0. The molecule has 1 aromatic carbocycles. The van der Waals surface area contributed by atoms with Crippen molar-refractivity contribution in [2.45, 2.75) is 12.2 Å². The largest absolute Gasteiger partial charge is 0.365 e. The Morgan fingerprint density at radius 2 is 1.84 bits per heavy atom. The van der Waals surface area contributed by atoms with Gasteiger partial charge in [0.25, 0.3) is 0 Å². The van der Waals surface area contributed by atoms with Crippen molar-refractivity contribution < 1.29 is 4.79 Å². The minimum absolute atomic E-state index is 0.137. The van der Waals surface area contributed by atoms with Gasteiger partial charge in [-0.05, 0) is 68.3 Å². The summed E-state index contributed by atoms with van der Waals surface area (Å²) in [6, 6.07) is 11.5. The number of aldehydes is 1. The molecule has 3 heterocycles. The number of carbonyl (C=O) groups excluding carboxylic acids is 1. The minimum atomic E-state index is -0.414. The Morgan fingerprint density at radius 1 is 1.08 bits per heavy atom. The van der Waals surface area contributed by atoms with Crippen LogP contribution in [0.1, 0.15) is 22.6 Å². The van der Waals surface area contributed by atoms with E-state index in [0.717, 1.165) is 40.4 Å². The third kappa shape index (κ3) is 3.46. The first-order chi connectivity index (χ1) is 12.0. The molecule has 0 bridgehead atoms. The van der Waals surface area contributed by atoms with Crippen LogP contribution in [0.15, 0.2) is 44.0 Å². The molecule has 0 saturated heterocycles. The molecule has 1 aliphatic rings. The zero-order chi connectivity index (χ0) is 17.6. The first-order valence-electron chi connectivity index (χ1n) is 7.37. The van der Waals surface area contributed by atoms with Crippen molar-refractivity contribution in [3.63, 3.8) is 0 Å². The van der Waals surface area contributed by atoms with Crippen LogP contribution in [0.3, 0.4) is 0 Å². The maximum absolute atomic E-state index is 11.7. The van der Waals surface area contributed by atoms with Crippen LogP contribution in [-0.2, 0) is 4.79 Å². The Balaban J connectivity index is 1.85. The van der Waals surface area contributed by atoms with Crippen LogP contribution in [0.2, 0.25) is 5.02 Å². The molecule has 4 rings (SSSR count). The maximum Gasteiger partial charge on any atom is 0.141 e. The quantitative estimate of drug-likeness (QED) is 0.384. The second-order valence-corrected chi connectivity index (χ2v) is 10.9. The number of hydrogen-bond donors (Lipinski definition) is 2. The number of nitrogens with one attached hydrogen (secondary N) is 2. The van der Waals surface area contributed by atoms with Crippen LogP contribution in [0.25, 0.3) is 10.4 Å². The molecule has 0 spiro atoms. The molecule has 0 amide bonds. The molecule has 0 saturated carbocycles. The van der Waals surface area contributed by atoms with E-state index in [-0.39, 0.29) is 6.17 Å². The predicted molar refractivity (Wildman–Crippen MR) is 113 cm³/mol. The van der Waals surface area contributed by atoms with Crippen molar-refractivity contribution in [1.82, 2.24) is 5.32 Å². The molecule has 3 aromatic rings. The molecular weight excluding hydrogens is 508 g/mol. The highest BCUT2D eigenvalue weighted by Gasteiger charge is 2.30. The molecule has 2 unspecified atom stereocenters. The number of rotatable bonds is 3. The smallest absolute Gasteiger partial charge is 0.141 e. The van der Waals surface area contributed by atoms with E-state index in [1.54, 1.807) is 22.7 Å². The summed E-state index contributed by atoms with van der Waals surface area (Å²) in [6.07, 6.45) is 0.794. The summed E-state index contributed by atoms with van der Waals surface area (Å²) in [4.78, 5) is 13.9. The number of carbonyl (C=O) groups is 1. The molecular formula is C17H11Br2ClN2OS2. The normalized spacial score (nSPS) is 19.3. The minimum Gasteiger partial charge on any atom is -0.365 e. The van der Waals surface area contributed by atoms with Gasteiger partial charge in [0, 0.05) is 31.6 Å². The lowest BCUT2D eigenvalue weighted by atomic mass is 9.97. The Morgan fingerprint density at radius 3 is 2.48 bits per heavy atom. The van der Waals surface area contributed by atoms with Gasteiger partial charge in [-0.15, -0.1) is 22.7 Å². The maximum atomic E-state index is 11.7. The number of thiophene rings is 2. The summed E-state index contributed by atoms with van der Waals surface area (Å²) in [7, 11) is 0. The zero-order valence-electron chi connectivity index (χ0n) is 12.6. The monoisotopic (exact) mass is 516 g/mol. The highest BCUT2D eigenvalue weighted by atomic mass is 79.9. The van der Waals surface area contributed by atoms with Crippen molar-refractivity contribution >= 4 is 78.1 Å². The Bertz CT molecular complexity index is 956. The summed E-state index contributed by atoms with van der Waals surface area (Å²) in [5.41, 5.74) is 2.82. The molecule has 0 fully saturated rings. The van der Waals surface area contributed by atoms with E-state index < -0.39 is 6.04 Å². The van der Waals surface area contributed by atoms with Crippen molar-refractivity contribution in [2.24, 2.45) is 0 Å². The molecule has 8 heteroatoms. The van der Waals surface area contributed by atoms with Gasteiger partial charge < -0.3 is 10.1 Å². The number of anilines is 1. The van der Waals surface area contributed by atoms with Crippen molar-refractivity contribution in [1.29, 1.82) is 0 Å². The van der Waals surface area contributed by atoms with Gasteiger partial charge in [-0.1, -0.05) is 11.6 Å². The molecule has 1 aliphatic heterocycles.